The topological polar surface area (TPSA) is 63.1 Å². The maximum Gasteiger partial charge on any atom is 0.293 e. The summed E-state index contributed by atoms with van der Waals surface area (Å²) in [6, 6.07) is 5.27. The molecule has 1 aliphatic rings. The van der Waals surface area contributed by atoms with Gasteiger partial charge in [-0.15, -0.1) is 17.5 Å². The molecule has 1 N–H and O–H groups in total. The van der Waals surface area contributed by atoms with Crippen LogP contribution >= 0.6 is 35.6 Å². The average Bonchev–Trinajstić information content (AvgIpc) is 3.22. The van der Waals surface area contributed by atoms with Gasteiger partial charge < -0.3 is 10.2 Å². The van der Waals surface area contributed by atoms with Gasteiger partial charge in [0.05, 0.1) is 10.0 Å². The number of amides is 1. The SMILES string of the molecule is CNCC1CCN(C(=O)c2nc(C(C)C)n(-c3c(Cl)cccc3Cl)n2)C1.Cl. The van der Waals surface area contributed by atoms with Crippen molar-refractivity contribution < 1.29 is 4.79 Å². The minimum atomic E-state index is -0.146. The predicted octanol–water partition coefficient (Wildman–Crippen LogP) is 3.80. The summed E-state index contributed by atoms with van der Waals surface area (Å²) in [5.41, 5.74) is 0.556. The molecule has 1 saturated heterocycles. The second-order valence-electron chi connectivity index (χ2n) is 6.89. The number of aromatic nitrogens is 3. The minimum absolute atomic E-state index is 0. The number of carbonyl (C=O) groups is 1. The van der Waals surface area contributed by atoms with E-state index in [0.29, 0.717) is 27.5 Å². The number of benzene rings is 1. The highest BCUT2D eigenvalue weighted by Crippen LogP contribution is 2.30. The van der Waals surface area contributed by atoms with Gasteiger partial charge in [-0.3, -0.25) is 4.79 Å². The van der Waals surface area contributed by atoms with E-state index in [9.17, 15) is 4.79 Å². The number of likely N-dealkylation sites (tertiary alicyclic amines) is 1. The number of nitrogens with one attached hydrogen (secondary N) is 1. The molecular weight excluding hydrogens is 409 g/mol. The lowest BCUT2D eigenvalue weighted by atomic mass is 10.1. The van der Waals surface area contributed by atoms with Crippen molar-refractivity contribution in [3.63, 3.8) is 0 Å². The molecule has 1 atom stereocenters. The summed E-state index contributed by atoms with van der Waals surface area (Å²) in [6.07, 6.45) is 0.987. The highest BCUT2D eigenvalue weighted by molar-refractivity contribution is 6.37. The van der Waals surface area contributed by atoms with Crippen LogP contribution in [0.3, 0.4) is 0 Å². The summed E-state index contributed by atoms with van der Waals surface area (Å²) >= 11 is 12.7. The fourth-order valence-electron chi connectivity index (χ4n) is 3.26. The normalized spacial score (nSPS) is 16.7. The van der Waals surface area contributed by atoms with Gasteiger partial charge in [-0.25, -0.2) is 9.67 Å². The molecule has 2 heterocycles. The molecule has 1 unspecified atom stereocenters. The monoisotopic (exact) mass is 431 g/mol. The molecule has 27 heavy (non-hydrogen) atoms. The minimum Gasteiger partial charge on any atom is -0.336 e. The molecule has 1 aromatic heterocycles. The van der Waals surface area contributed by atoms with Gasteiger partial charge in [-0.1, -0.05) is 43.1 Å². The first-order valence-electron chi connectivity index (χ1n) is 8.77. The van der Waals surface area contributed by atoms with Crippen LogP contribution in [0.5, 0.6) is 0 Å². The van der Waals surface area contributed by atoms with Crippen LogP contribution in [-0.2, 0) is 0 Å². The maximum absolute atomic E-state index is 12.9. The van der Waals surface area contributed by atoms with Crippen molar-refractivity contribution in [1.29, 1.82) is 0 Å². The number of hydrogen-bond acceptors (Lipinski definition) is 4. The standard InChI is InChI=1S/C18H23Cl2N5O.ClH/c1-11(2)17-22-16(18(26)24-8-7-12(10-24)9-21-3)23-25(17)15-13(19)5-4-6-14(15)20;/h4-6,11-12,21H,7-10H2,1-3H3;1H. The third-order valence-electron chi connectivity index (χ3n) is 4.56. The molecule has 148 valence electrons. The molecule has 2 aromatic rings. The van der Waals surface area contributed by atoms with Crippen molar-refractivity contribution in [2.75, 3.05) is 26.7 Å². The number of halogens is 3. The molecule has 0 saturated carbocycles. The van der Waals surface area contributed by atoms with E-state index < -0.39 is 0 Å². The van der Waals surface area contributed by atoms with Crippen LogP contribution < -0.4 is 5.32 Å². The van der Waals surface area contributed by atoms with Crippen molar-refractivity contribution in [1.82, 2.24) is 25.0 Å². The zero-order valence-corrected chi connectivity index (χ0v) is 17.9. The number of hydrogen-bond donors (Lipinski definition) is 1. The molecule has 1 aliphatic heterocycles. The Labute approximate surface area is 175 Å². The van der Waals surface area contributed by atoms with Crippen LogP contribution in [0.1, 0.15) is 42.6 Å². The fraction of sp³-hybridized carbons (Fsp3) is 0.500. The second kappa shape index (κ2) is 9.24. The van der Waals surface area contributed by atoms with Crippen LogP contribution in [0, 0.1) is 5.92 Å². The molecule has 1 amide bonds. The molecule has 9 heteroatoms. The van der Waals surface area contributed by atoms with Crippen LogP contribution in [0.4, 0.5) is 0 Å². The van der Waals surface area contributed by atoms with Crippen LogP contribution in [-0.4, -0.2) is 52.3 Å². The third kappa shape index (κ3) is 4.57. The average molecular weight is 433 g/mol. The Morgan fingerprint density at radius 1 is 1.33 bits per heavy atom. The Bertz CT molecular complexity index is 788. The fourth-order valence-corrected chi connectivity index (χ4v) is 3.82. The summed E-state index contributed by atoms with van der Waals surface area (Å²) in [7, 11) is 1.93. The van der Waals surface area contributed by atoms with E-state index in [1.165, 1.54) is 0 Å². The van der Waals surface area contributed by atoms with E-state index in [0.717, 1.165) is 26.1 Å². The van der Waals surface area contributed by atoms with Crippen LogP contribution in [0.25, 0.3) is 5.69 Å². The van der Waals surface area contributed by atoms with Gasteiger partial charge >= 0.3 is 0 Å². The van der Waals surface area contributed by atoms with E-state index >= 15 is 0 Å². The molecule has 6 nitrogen and oxygen atoms in total. The third-order valence-corrected chi connectivity index (χ3v) is 5.17. The molecule has 0 spiro atoms. The molecule has 0 bridgehead atoms. The van der Waals surface area contributed by atoms with Crippen LogP contribution in [0.15, 0.2) is 18.2 Å². The van der Waals surface area contributed by atoms with Crippen molar-refractivity contribution >= 4 is 41.5 Å². The summed E-state index contributed by atoms with van der Waals surface area (Å²) in [5.74, 6) is 1.23. The molecule has 0 aliphatic carbocycles. The zero-order chi connectivity index (χ0) is 18.8. The van der Waals surface area contributed by atoms with Gasteiger partial charge in [-0.05, 0) is 38.1 Å². The van der Waals surface area contributed by atoms with Crippen molar-refractivity contribution in [3.05, 3.63) is 39.9 Å². The number of rotatable bonds is 5. The number of nitrogens with zero attached hydrogens (tertiary/aromatic N) is 4. The van der Waals surface area contributed by atoms with Crippen molar-refractivity contribution in [2.45, 2.75) is 26.2 Å². The van der Waals surface area contributed by atoms with E-state index in [2.05, 4.69) is 15.4 Å². The largest absolute Gasteiger partial charge is 0.336 e. The van der Waals surface area contributed by atoms with Gasteiger partial charge in [0.2, 0.25) is 5.82 Å². The van der Waals surface area contributed by atoms with E-state index in [1.54, 1.807) is 22.9 Å². The van der Waals surface area contributed by atoms with Gasteiger partial charge in [0.1, 0.15) is 11.5 Å². The first kappa shape index (κ1) is 22.0. The summed E-state index contributed by atoms with van der Waals surface area (Å²) in [6.45, 7) is 6.34. The Kier molecular flexibility index (Phi) is 7.51. The molecule has 3 rings (SSSR count). The Balaban J connectivity index is 0.00000261. The van der Waals surface area contributed by atoms with Gasteiger partial charge in [-0.2, -0.15) is 0 Å². The lowest BCUT2D eigenvalue weighted by Gasteiger charge is -2.14. The number of carbonyl (C=O) groups excluding carboxylic acids is 1. The molecule has 1 aromatic carbocycles. The van der Waals surface area contributed by atoms with Gasteiger partial charge in [0, 0.05) is 19.0 Å². The van der Waals surface area contributed by atoms with Gasteiger partial charge in [0.15, 0.2) is 0 Å². The first-order valence-corrected chi connectivity index (χ1v) is 9.53. The smallest absolute Gasteiger partial charge is 0.293 e. The maximum atomic E-state index is 12.9. The van der Waals surface area contributed by atoms with Gasteiger partial charge in [0.25, 0.3) is 5.91 Å². The lowest BCUT2D eigenvalue weighted by molar-refractivity contribution is 0.0775. The quantitative estimate of drug-likeness (QED) is 0.780. The van der Waals surface area contributed by atoms with E-state index in [4.69, 9.17) is 23.2 Å². The molecule has 0 radical (unpaired) electrons. The Morgan fingerprint density at radius 2 is 2.00 bits per heavy atom. The van der Waals surface area contributed by atoms with Crippen molar-refractivity contribution in [2.24, 2.45) is 5.92 Å². The number of para-hydroxylation sites is 1. The zero-order valence-electron chi connectivity index (χ0n) is 15.6. The predicted molar refractivity (Wildman–Crippen MR) is 111 cm³/mol. The summed E-state index contributed by atoms with van der Waals surface area (Å²) in [5, 5.41) is 8.58. The highest BCUT2D eigenvalue weighted by Gasteiger charge is 2.30. The lowest BCUT2D eigenvalue weighted by Crippen LogP contribution is -2.31. The molecular formula is C18H24Cl3N5O. The highest BCUT2D eigenvalue weighted by atomic mass is 35.5. The Morgan fingerprint density at radius 3 is 2.59 bits per heavy atom. The van der Waals surface area contributed by atoms with Crippen LogP contribution in [0.2, 0.25) is 10.0 Å². The summed E-state index contributed by atoms with van der Waals surface area (Å²) < 4.78 is 1.60. The van der Waals surface area contributed by atoms with E-state index in [-0.39, 0.29) is 30.1 Å². The van der Waals surface area contributed by atoms with E-state index in [1.807, 2.05) is 25.8 Å². The second-order valence-corrected chi connectivity index (χ2v) is 7.71. The van der Waals surface area contributed by atoms with Crippen molar-refractivity contribution in [3.8, 4) is 5.69 Å². The summed E-state index contributed by atoms with van der Waals surface area (Å²) in [4.78, 5) is 19.2. The Hall–Kier alpha value is -1.34. The first-order chi connectivity index (χ1) is 12.4. The molecule has 1 fully saturated rings.